The molecule has 16 heavy (non-hydrogen) atoms. The Bertz CT molecular complexity index is 404. The molecule has 86 valence electrons. The largest absolute Gasteiger partial charge is 0.353 e. The van der Waals surface area contributed by atoms with Gasteiger partial charge in [0.05, 0.1) is 6.42 Å². The van der Waals surface area contributed by atoms with E-state index in [2.05, 4.69) is 21.2 Å². The van der Waals surface area contributed by atoms with Crippen molar-refractivity contribution < 1.29 is 4.79 Å². The van der Waals surface area contributed by atoms with Crippen molar-refractivity contribution in [3.05, 3.63) is 33.3 Å². The topological polar surface area (TPSA) is 29.1 Å². The van der Waals surface area contributed by atoms with Crippen LogP contribution in [0.3, 0.4) is 0 Å². The van der Waals surface area contributed by atoms with Gasteiger partial charge in [-0.2, -0.15) is 0 Å². The number of amides is 1. The monoisotopic (exact) mass is 301 g/mol. The van der Waals surface area contributed by atoms with Gasteiger partial charge in [0.2, 0.25) is 5.91 Å². The quantitative estimate of drug-likeness (QED) is 0.912. The van der Waals surface area contributed by atoms with Crippen LogP contribution in [0.5, 0.6) is 0 Å². The number of hydrogen-bond donors (Lipinski definition) is 1. The third-order valence-corrected chi connectivity index (χ3v) is 3.81. The van der Waals surface area contributed by atoms with Gasteiger partial charge in [-0.1, -0.05) is 33.6 Å². The molecule has 0 aliphatic heterocycles. The van der Waals surface area contributed by atoms with Crippen molar-refractivity contribution in [2.24, 2.45) is 0 Å². The summed E-state index contributed by atoms with van der Waals surface area (Å²) in [7, 11) is 0. The molecule has 0 aromatic heterocycles. The van der Waals surface area contributed by atoms with E-state index in [-0.39, 0.29) is 5.91 Å². The lowest BCUT2D eigenvalue weighted by Crippen LogP contribution is -2.40. The highest BCUT2D eigenvalue weighted by Crippen LogP contribution is 2.22. The van der Waals surface area contributed by atoms with Crippen molar-refractivity contribution >= 4 is 33.4 Å². The second-order valence-corrected chi connectivity index (χ2v) is 5.40. The van der Waals surface area contributed by atoms with Crippen LogP contribution in [0.1, 0.15) is 24.8 Å². The van der Waals surface area contributed by atoms with Gasteiger partial charge < -0.3 is 5.32 Å². The van der Waals surface area contributed by atoms with Crippen LogP contribution in [0.25, 0.3) is 0 Å². The summed E-state index contributed by atoms with van der Waals surface area (Å²) in [6.07, 6.45) is 3.88. The lowest BCUT2D eigenvalue weighted by Gasteiger charge is -2.26. The highest BCUT2D eigenvalue weighted by Gasteiger charge is 2.19. The van der Waals surface area contributed by atoms with Crippen molar-refractivity contribution in [3.8, 4) is 0 Å². The summed E-state index contributed by atoms with van der Waals surface area (Å²) in [5.41, 5.74) is 0.973. The molecule has 0 heterocycles. The number of benzene rings is 1. The lowest BCUT2D eigenvalue weighted by molar-refractivity contribution is -0.121. The van der Waals surface area contributed by atoms with Crippen molar-refractivity contribution in [1.82, 2.24) is 5.32 Å². The van der Waals surface area contributed by atoms with E-state index in [0.717, 1.165) is 22.9 Å². The second-order valence-electron chi connectivity index (χ2n) is 4.11. The molecule has 0 bridgehead atoms. The van der Waals surface area contributed by atoms with E-state index in [4.69, 9.17) is 11.6 Å². The van der Waals surface area contributed by atoms with Crippen molar-refractivity contribution in [3.63, 3.8) is 0 Å². The fraction of sp³-hybridized carbons (Fsp3) is 0.417. The van der Waals surface area contributed by atoms with E-state index in [1.165, 1.54) is 6.42 Å². The minimum Gasteiger partial charge on any atom is -0.353 e. The maximum absolute atomic E-state index is 11.7. The summed E-state index contributed by atoms with van der Waals surface area (Å²) >= 11 is 9.25. The van der Waals surface area contributed by atoms with E-state index in [1.807, 2.05) is 12.1 Å². The van der Waals surface area contributed by atoms with Crippen molar-refractivity contribution in [2.75, 3.05) is 0 Å². The first-order valence-electron chi connectivity index (χ1n) is 5.38. The summed E-state index contributed by atoms with van der Waals surface area (Å²) in [4.78, 5) is 11.7. The van der Waals surface area contributed by atoms with Crippen LogP contribution >= 0.6 is 27.5 Å². The van der Waals surface area contributed by atoms with Gasteiger partial charge in [-0.3, -0.25) is 4.79 Å². The molecule has 1 aliphatic rings. The first-order valence-corrected chi connectivity index (χ1v) is 6.55. The summed E-state index contributed by atoms with van der Waals surface area (Å²) in [5, 5.41) is 3.69. The molecule has 0 spiro atoms. The average molecular weight is 303 g/mol. The number of hydrogen-bond acceptors (Lipinski definition) is 1. The number of carbonyl (C=O) groups excluding carboxylic acids is 1. The van der Waals surface area contributed by atoms with Crippen molar-refractivity contribution in [2.45, 2.75) is 31.7 Å². The number of carbonyl (C=O) groups is 1. The molecular weight excluding hydrogens is 289 g/mol. The molecule has 4 heteroatoms. The molecule has 0 unspecified atom stereocenters. The van der Waals surface area contributed by atoms with E-state index >= 15 is 0 Å². The molecule has 1 saturated carbocycles. The van der Waals surface area contributed by atoms with Gasteiger partial charge >= 0.3 is 0 Å². The maximum Gasteiger partial charge on any atom is 0.224 e. The zero-order valence-corrected chi connectivity index (χ0v) is 11.1. The molecule has 2 nitrogen and oxygen atoms in total. The van der Waals surface area contributed by atoms with Crippen LogP contribution in [-0.4, -0.2) is 11.9 Å². The van der Waals surface area contributed by atoms with Gasteiger partial charge in [-0.05, 0) is 37.0 Å². The van der Waals surface area contributed by atoms with E-state index in [0.29, 0.717) is 17.5 Å². The normalized spacial score (nSPS) is 15.6. The summed E-state index contributed by atoms with van der Waals surface area (Å²) < 4.78 is 0.892. The predicted molar refractivity (Wildman–Crippen MR) is 68.6 cm³/mol. The second kappa shape index (κ2) is 5.19. The smallest absolute Gasteiger partial charge is 0.224 e. The standard InChI is InChI=1S/C12H13BrClNO/c13-11-7-9(14)5-4-8(11)6-12(16)15-10-2-1-3-10/h4-5,7,10H,1-3,6H2,(H,15,16). The molecule has 0 atom stereocenters. The Kier molecular flexibility index (Phi) is 3.87. The lowest BCUT2D eigenvalue weighted by atomic mass is 9.93. The van der Waals surface area contributed by atoms with Gasteiger partial charge in [0, 0.05) is 15.5 Å². The third kappa shape index (κ3) is 2.98. The molecule has 1 aromatic rings. The fourth-order valence-corrected chi connectivity index (χ4v) is 2.49. The first-order chi connectivity index (χ1) is 7.65. The van der Waals surface area contributed by atoms with Crippen LogP contribution in [0.4, 0.5) is 0 Å². The van der Waals surface area contributed by atoms with Crippen molar-refractivity contribution in [1.29, 1.82) is 0 Å². The molecule has 1 aromatic carbocycles. The highest BCUT2D eigenvalue weighted by molar-refractivity contribution is 9.10. The minimum atomic E-state index is 0.0905. The summed E-state index contributed by atoms with van der Waals surface area (Å²) in [6.45, 7) is 0. The Morgan fingerprint density at radius 2 is 2.25 bits per heavy atom. The van der Waals surface area contributed by atoms with Crippen LogP contribution in [0, 0.1) is 0 Å². The molecule has 1 amide bonds. The predicted octanol–water partition coefficient (Wildman–Crippen LogP) is 3.31. The van der Waals surface area contributed by atoms with Crippen LogP contribution in [-0.2, 0) is 11.2 Å². The maximum atomic E-state index is 11.7. The van der Waals surface area contributed by atoms with E-state index < -0.39 is 0 Å². The van der Waals surface area contributed by atoms with Crippen LogP contribution < -0.4 is 5.32 Å². The number of nitrogens with one attached hydrogen (secondary N) is 1. The Morgan fingerprint density at radius 1 is 1.50 bits per heavy atom. The van der Waals surface area contributed by atoms with Gasteiger partial charge in [0.15, 0.2) is 0 Å². The average Bonchev–Trinajstić information content (AvgIpc) is 2.16. The molecule has 1 fully saturated rings. The zero-order valence-electron chi connectivity index (χ0n) is 8.80. The number of halogens is 2. The molecule has 1 aliphatic carbocycles. The molecule has 2 rings (SSSR count). The molecule has 1 N–H and O–H groups in total. The summed E-state index contributed by atoms with van der Waals surface area (Å²) in [6, 6.07) is 5.90. The Labute approximate surface area is 108 Å². The Hall–Kier alpha value is -0.540. The Balaban J connectivity index is 1.94. The fourth-order valence-electron chi connectivity index (χ4n) is 1.67. The van der Waals surface area contributed by atoms with Crippen LogP contribution in [0.2, 0.25) is 5.02 Å². The zero-order chi connectivity index (χ0) is 11.5. The molecule has 0 radical (unpaired) electrons. The highest BCUT2D eigenvalue weighted by atomic mass is 79.9. The first kappa shape index (κ1) is 11.9. The molecular formula is C12H13BrClNO. The van der Waals surface area contributed by atoms with Crippen LogP contribution in [0.15, 0.2) is 22.7 Å². The van der Waals surface area contributed by atoms with Gasteiger partial charge in [-0.15, -0.1) is 0 Å². The van der Waals surface area contributed by atoms with Gasteiger partial charge in [-0.25, -0.2) is 0 Å². The Morgan fingerprint density at radius 3 is 2.81 bits per heavy atom. The van der Waals surface area contributed by atoms with Gasteiger partial charge in [0.25, 0.3) is 0 Å². The number of rotatable bonds is 3. The molecule has 0 saturated heterocycles. The third-order valence-electron chi connectivity index (χ3n) is 2.84. The SMILES string of the molecule is O=C(Cc1ccc(Cl)cc1Br)NC1CCC1. The summed E-state index contributed by atoms with van der Waals surface area (Å²) in [5.74, 6) is 0.0905. The van der Waals surface area contributed by atoms with E-state index in [1.54, 1.807) is 6.07 Å². The van der Waals surface area contributed by atoms with E-state index in [9.17, 15) is 4.79 Å². The van der Waals surface area contributed by atoms with Gasteiger partial charge in [0.1, 0.15) is 0 Å². The minimum absolute atomic E-state index is 0.0905.